The van der Waals surface area contributed by atoms with E-state index in [1.807, 2.05) is 0 Å². The summed E-state index contributed by atoms with van der Waals surface area (Å²) in [7, 11) is -10.5. The standard InChI is InChI=1S/C3H6N2O6S2.2Na.3H2O/c4-2-1-3(5,12(6,7)8)13(9,10)11;;;;;/h1,5H2,(H,6,7,8)(H,9,10,11);;;3*1H2. The molecule has 0 bridgehead atoms. The van der Waals surface area contributed by atoms with Crippen LogP contribution in [0.1, 0.15) is 6.42 Å². The van der Waals surface area contributed by atoms with Gasteiger partial charge in [0.05, 0.1) is 12.5 Å². The molecule has 15 heteroatoms. The van der Waals surface area contributed by atoms with Gasteiger partial charge in [0.25, 0.3) is 4.20 Å². The van der Waals surface area contributed by atoms with Crippen LogP contribution in [-0.4, -0.2) is 106 Å². The van der Waals surface area contributed by atoms with Crippen molar-refractivity contribution in [3.63, 3.8) is 0 Å². The molecular weight excluding hydrogens is 318 g/mol. The van der Waals surface area contributed by atoms with Gasteiger partial charge in [0.15, 0.2) is 0 Å². The largest absolute Gasteiger partial charge is 0.412 e. The summed E-state index contributed by atoms with van der Waals surface area (Å²) >= 11 is 0. The van der Waals surface area contributed by atoms with Crippen LogP contribution in [0.5, 0.6) is 0 Å². The SMILES string of the molecule is N#CCC(N)(S(=O)(=O)O)S(=O)(=O)O.O.O.O.[Na].[Na]. The van der Waals surface area contributed by atoms with Crippen LogP contribution in [0.15, 0.2) is 0 Å². The molecule has 0 aliphatic rings. The van der Waals surface area contributed by atoms with Gasteiger partial charge in [-0.2, -0.15) is 22.1 Å². The Morgan fingerprint density at radius 2 is 1.22 bits per heavy atom. The van der Waals surface area contributed by atoms with Gasteiger partial charge in [0, 0.05) is 59.1 Å². The number of nitrogens with zero attached hydrogens (tertiary/aromatic N) is 1. The fraction of sp³-hybridized carbons (Fsp3) is 0.667. The molecule has 0 aromatic rings. The molecule has 10 N–H and O–H groups in total. The van der Waals surface area contributed by atoms with Crippen molar-refractivity contribution < 1.29 is 42.4 Å². The van der Waals surface area contributed by atoms with Gasteiger partial charge in [-0.1, -0.05) is 0 Å². The van der Waals surface area contributed by atoms with Crippen molar-refractivity contribution in [2.45, 2.75) is 10.6 Å². The van der Waals surface area contributed by atoms with Crippen molar-refractivity contribution in [2.75, 3.05) is 0 Å². The van der Waals surface area contributed by atoms with Crippen molar-refractivity contribution in [2.24, 2.45) is 5.73 Å². The van der Waals surface area contributed by atoms with Gasteiger partial charge in [-0.05, 0) is 0 Å². The second kappa shape index (κ2) is 11.9. The van der Waals surface area contributed by atoms with E-state index in [0.29, 0.717) is 0 Å². The summed E-state index contributed by atoms with van der Waals surface area (Å²) in [6.45, 7) is 0. The van der Waals surface area contributed by atoms with Crippen LogP contribution in [0, 0.1) is 11.3 Å². The maximum atomic E-state index is 10.4. The predicted molar refractivity (Wildman–Crippen MR) is 62.6 cm³/mol. The van der Waals surface area contributed by atoms with Crippen LogP contribution in [-0.2, 0) is 20.2 Å². The Kier molecular flexibility index (Phi) is 24.2. The molecule has 0 amide bonds. The fourth-order valence-corrected chi connectivity index (χ4v) is 1.98. The molecule has 102 valence electrons. The van der Waals surface area contributed by atoms with Gasteiger partial charge in [-0.15, -0.1) is 0 Å². The van der Waals surface area contributed by atoms with Crippen molar-refractivity contribution in [3.8, 4) is 6.07 Å². The van der Waals surface area contributed by atoms with Crippen molar-refractivity contribution in [3.05, 3.63) is 0 Å². The monoisotopic (exact) mass is 330 g/mol. The van der Waals surface area contributed by atoms with E-state index in [2.05, 4.69) is 5.73 Å². The van der Waals surface area contributed by atoms with Crippen LogP contribution in [0.4, 0.5) is 0 Å². The molecule has 2 radical (unpaired) electrons. The maximum Gasteiger partial charge on any atom is 0.302 e. The minimum Gasteiger partial charge on any atom is -0.412 e. The van der Waals surface area contributed by atoms with E-state index in [4.69, 9.17) is 14.4 Å². The molecule has 0 spiro atoms. The van der Waals surface area contributed by atoms with Crippen molar-refractivity contribution >= 4 is 79.4 Å². The number of nitriles is 1. The third-order valence-electron chi connectivity index (χ3n) is 1.20. The Bertz CT molecular complexity index is 407. The van der Waals surface area contributed by atoms with Crippen LogP contribution < -0.4 is 5.73 Å². The van der Waals surface area contributed by atoms with Crippen molar-refractivity contribution in [1.29, 1.82) is 5.26 Å². The first-order valence-corrected chi connectivity index (χ1v) is 5.54. The molecule has 0 rings (SSSR count). The molecule has 0 heterocycles. The molecule has 0 aliphatic carbocycles. The number of nitrogens with two attached hydrogens (primary N) is 1. The molecule has 18 heavy (non-hydrogen) atoms. The zero-order valence-electron chi connectivity index (χ0n) is 9.58. The molecule has 0 aromatic carbocycles. The summed E-state index contributed by atoms with van der Waals surface area (Å²) in [4.78, 5) is 0. The molecule has 11 nitrogen and oxygen atoms in total. The number of rotatable bonds is 3. The molecule has 0 aromatic heterocycles. The van der Waals surface area contributed by atoms with Crippen LogP contribution >= 0.6 is 0 Å². The Hall–Kier alpha value is 1.15. The van der Waals surface area contributed by atoms with E-state index in [1.54, 1.807) is 0 Å². The second-order valence-corrected chi connectivity index (χ2v) is 5.71. The van der Waals surface area contributed by atoms with E-state index in [1.165, 1.54) is 0 Å². The van der Waals surface area contributed by atoms with Crippen LogP contribution in [0.3, 0.4) is 0 Å². The normalized spacial score (nSPS) is 9.89. The minimum atomic E-state index is -5.27. The molecule has 0 saturated carbocycles. The van der Waals surface area contributed by atoms with E-state index in [0.717, 1.165) is 6.07 Å². The maximum absolute atomic E-state index is 10.4. The average Bonchev–Trinajstić information content (AvgIpc) is 1.82. The first-order chi connectivity index (χ1) is 5.56. The third-order valence-corrected chi connectivity index (χ3v) is 4.50. The van der Waals surface area contributed by atoms with E-state index < -0.39 is 30.9 Å². The van der Waals surface area contributed by atoms with Crippen LogP contribution in [0.25, 0.3) is 0 Å². The van der Waals surface area contributed by atoms with Gasteiger partial charge < -0.3 is 16.4 Å². The summed E-state index contributed by atoms with van der Waals surface area (Å²) in [6.07, 6.45) is -1.27. The Balaban J connectivity index is -0.0000000720. The Labute approximate surface area is 148 Å². The Morgan fingerprint density at radius 3 is 1.28 bits per heavy atom. The summed E-state index contributed by atoms with van der Waals surface area (Å²) in [5.74, 6) is 0. The van der Waals surface area contributed by atoms with Crippen molar-refractivity contribution in [1.82, 2.24) is 0 Å². The van der Waals surface area contributed by atoms with Gasteiger partial charge in [-0.25, -0.2) is 0 Å². The second-order valence-electron chi connectivity index (χ2n) is 2.10. The predicted octanol–water partition coefficient (Wildman–Crippen LogP) is -4.95. The molecule has 0 unspecified atom stereocenters. The third kappa shape index (κ3) is 8.35. The van der Waals surface area contributed by atoms with Gasteiger partial charge in [0.1, 0.15) is 0 Å². The molecule has 0 saturated heterocycles. The Morgan fingerprint density at radius 1 is 1.00 bits per heavy atom. The first-order valence-electron chi connectivity index (χ1n) is 2.66. The quantitative estimate of drug-likeness (QED) is 0.332. The minimum absolute atomic E-state index is 0. The fourth-order valence-electron chi connectivity index (χ4n) is 0.426. The van der Waals surface area contributed by atoms with E-state index in [9.17, 15) is 16.8 Å². The van der Waals surface area contributed by atoms with Crippen LogP contribution in [0.2, 0.25) is 0 Å². The molecular formula is C3H12N2Na2O9S2. The van der Waals surface area contributed by atoms with E-state index >= 15 is 0 Å². The molecule has 0 fully saturated rings. The van der Waals surface area contributed by atoms with Gasteiger partial charge in [0.2, 0.25) is 0 Å². The van der Waals surface area contributed by atoms with E-state index in [-0.39, 0.29) is 75.5 Å². The first kappa shape index (κ1) is 36.5. The summed E-state index contributed by atoms with van der Waals surface area (Å²) in [5.41, 5.74) is 4.66. The smallest absolute Gasteiger partial charge is 0.302 e. The topological polar surface area (TPSA) is 253 Å². The number of hydrogen-bond acceptors (Lipinski definition) is 6. The average molecular weight is 330 g/mol. The summed E-state index contributed by atoms with van der Waals surface area (Å²) in [6, 6.07) is 1.12. The molecule has 0 aliphatic heterocycles. The van der Waals surface area contributed by atoms with Gasteiger partial charge in [-0.3, -0.25) is 14.8 Å². The summed E-state index contributed by atoms with van der Waals surface area (Å²) < 4.78 is 55.1. The zero-order valence-corrected chi connectivity index (χ0v) is 15.2. The summed E-state index contributed by atoms with van der Waals surface area (Å²) in [5, 5.41) is 8.05. The number of hydrogen-bond donors (Lipinski definition) is 3. The van der Waals surface area contributed by atoms with Gasteiger partial charge >= 0.3 is 20.2 Å². The zero-order chi connectivity index (χ0) is 10.9. The molecule has 0 atom stereocenters.